The van der Waals surface area contributed by atoms with Gasteiger partial charge in [-0.1, -0.05) is 30.3 Å². The maximum absolute atomic E-state index is 3.40. The van der Waals surface area contributed by atoms with Gasteiger partial charge in [0.1, 0.15) is 13.1 Å². The lowest BCUT2D eigenvalue weighted by molar-refractivity contribution is -0.487. The molecule has 0 atom stereocenters. The zero-order valence-corrected chi connectivity index (χ0v) is 7.96. The lowest BCUT2D eigenvalue weighted by Gasteiger charge is -1.98. The SMILES string of the molecule is C[N+]1=C(Cc2ccccc2)NCC1. The van der Waals surface area contributed by atoms with E-state index in [-0.39, 0.29) is 0 Å². The molecule has 1 aliphatic heterocycles. The summed E-state index contributed by atoms with van der Waals surface area (Å²) in [5, 5.41) is 3.40. The quantitative estimate of drug-likeness (QED) is 0.659. The van der Waals surface area contributed by atoms with Crippen molar-refractivity contribution in [2.45, 2.75) is 6.42 Å². The Morgan fingerprint density at radius 2 is 2.08 bits per heavy atom. The molecule has 68 valence electrons. The minimum Gasteiger partial charge on any atom is -0.274 e. The number of rotatable bonds is 2. The highest BCUT2D eigenvalue weighted by atomic mass is 15.2. The molecule has 2 heteroatoms. The normalized spacial score (nSPS) is 16.1. The highest BCUT2D eigenvalue weighted by molar-refractivity contribution is 5.80. The predicted octanol–water partition coefficient (Wildman–Crippen LogP) is 0.873. The number of nitrogens with zero attached hydrogens (tertiary/aromatic N) is 1. The summed E-state index contributed by atoms with van der Waals surface area (Å²) < 4.78 is 2.28. The van der Waals surface area contributed by atoms with Crippen LogP contribution in [-0.2, 0) is 6.42 Å². The van der Waals surface area contributed by atoms with Crippen LogP contribution in [0.15, 0.2) is 30.3 Å². The molecule has 2 nitrogen and oxygen atoms in total. The summed E-state index contributed by atoms with van der Waals surface area (Å²) in [7, 11) is 2.14. The zero-order chi connectivity index (χ0) is 9.10. The second-order valence-corrected chi connectivity index (χ2v) is 3.46. The first-order chi connectivity index (χ1) is 6.36. The lowest BCUT2D eigenvalue weighted by Crippen LogP contribution is -2.23. The van der Waals surface area contributed by atoms with Crippen molar-refractivity contribution in [2.24, 2.45) is 0 Å². The van der Waals surface area contributed by atoms with Crippen molar-refractivity contribution in [1.29, 1.82) is 0 Å². The molecular weight excluding hydrogens is 160 g/mol. The Labute approximate surface area is 78.9 Å². The molecular formula is C11H15N2+. The van der Waals surface area contributed by atoms with E-state index in [2.05, 4.69) is 47.3 Å². The van der Waals surface area contributed by atoms with E-state index in [9.17, 15) is 0 Å². The van der Waals surface area contributed by atoms with E-state index in [1.165, 1.54) is 11.4 Å². The number of benzene rings is 1. The first-order valence-corrected chi connectivity index (χ1v) is 4.71. The first-order valence-electron chi connectivity index (χ1n) is 4.71. The topological polar surface area (TPSA) is 15.0 Å². The highest BCUT2D eigenvalue weighted by Gasteiger charge is 2.16. The van der Waals surface area contributed by atoms with E-state index in [4.69, 9.17) is 0 Å². The molecule has 0 fully saturated rings. The molecule has 1 aromatic carbocycles. The fourth-order valence-corrected chi connectivity index (χ4v) is 1.62. The number of hydrogen-bond donors (Lipinski definition) is 1. The average molecular weight is 175 g/mol. The maximum Gasteiger partial charge on any atom is 0.249 e. The van der Waals surface area contributed by atoms with Crippen LogP contribution in [0.3, 0.4) is 0 Å². The summed E-state index contributed by atoms with van der Waals surface area (Å²) in [5.74, 6) is 1.34. The molecule has 0 saturated heterocycles. The number of amidine groups is 1. The Bertz CT molecular complexity index is 314. The van der Waals surface area contributed by atoms with Crippen molar-refractivity contribution in [2.75, 3.05) is 20.1 Å². The second kappa shape index (κ2) is 3.60. The Morgan fingerprint density at radius 1 is 1.31 bits per heavy atom. The first kappa shape index (κ1) is 8.30. The lowest BCUT2D eigenvalue weighted by atomic mass is 10.1. The molecule has 0 bridgehead atoms. The summed E-state index contributed by atoms with van der Waals surface area (Å²) in [4.78, 5) is 0. The minimum atomic E-state index is 1.03. The Hall–Kier alpha value is -1.31. The van der Waals surface area contributed by atoms with Gasteiger partial charge >= 0.3 is 0 Å². The Kier molecular flexibility index (Phi) is 2.30. The molecule has 1 N–H and O–H groups in total. The molecule has 1 aliphatic rings. The van der Waals surface area contributed by atoms with Crippen LogP contribution >= 0.6 is 0 Å². The van der Waals surface area contributed by atoms with Gasteiger partial charge in [0, 0.05) is 0 Å². The molecule has 13 heavy (non-hydrogen) atoms. The largest absolute Gasteiger partial charge is 0.274 e. The van der Waals surface area contributed by atoms with Gasteiger partial charge in [0.2, 0.25) is 5.84 Å². The van der Waals surface area contributed by atoms with E-state index in [0.29, 0.717) is 0 Å². The standard InChI is InChI=1S/C11H14N2/c1-13-8-7-12-11(13)9-10-5-3-2-4-6-10/h2-6H,7-9H2,1H3/p+1. The summed E-state index contributed by atoms with van der Waals surface area (Å²) in [6, 6.07) is 10.6. The third kappa shape index (κ3) is 1.89. The van der Waals surface area contributed by atoms with Crippen LogP contribution < -0.4 is 5.32 Å². The fourth-order valence-electron chi connectivity index (χ4n) is 1.62. The molecule has 0 aliphatic carbocycles. The van der Waals surface area contributed by atoms with Crippen molar-refractivity contribution in [3.05, 3.63) is 35.9 Å². The predicted molar refractivity (Wildman–Crippen MR) is 54.2 cm³/mol. The van der Waals surface area contributed by atoms with E-state index in [0.717, 1.165) is 19.5 Å². The second-order valence-electron chi connectivity index (χ2n) is 3.46. The minimum absolute atomic E-state index is 1.03. The van der Waals surface area contributed by atoms with Gasteiger partial charge in [-0.15, -0.1) is 0 Å². The summed E-state index contributed by atoms with van der Waals surface area (Å²) in [6.07, 6.45) is 1.03. The number of hydrogen-bond acceptors (Lipinski definition) is 1. The molecule has 0 unspecified atom stereocenters. The van der Waals surface area contributed by atoms with Gasteiger partial charge in [-0.05, 0) is 5.56 Å². The van der Waals surface area contributed by atoms with Gasteiger partial charge in [-0.25, -0.2) is 0 Å². The van der Waals surface area contributed by atoms with Crippen LogP contribution in [-0.4, -0.2) is 30.5 Å². The van der Waals surface area contributed by atoms with Crippen LogP contribution in [0, 0.1) is 0 Å². The van der Waals surface area contributed by atoms with Gasteiger partial charge in [0.15, 0.2) is 0 Å². The van der Waals surface area contributed by atoms with E-state index in [1.54, 1.807) is 0 Å². The highest BCUT2D eigenvalue weighted by Crippen LogP contribution is 2.01. The Morgan fingerprint density at radius 3 is 2.69 bits per heavy atom. The van der Waals surface area contributed by atoms with E-state index >= 15 is 0 Å². The average Bonchev–Trinajstić information content (AvgIpc) is 2.54. The third-order valence-electron chi connectivity index (χ3n) is 2.45. The van der Waals surface area contributed by atoms with Crippen LogP contribution in [0.25, 0.3) is 0 Å². The monoisotopic (exact) mass is 175 g/mol. The van der Waals surface area contributed by atoms with Crippen molar-refractivity contribution in [3.8, 4) is 0 Å². The summed E-state index contributed by atoms with van der Waals surface area (Å²) >= 11 is 0. The van der Waals surface area contributed by atoms with Crippen molar-refractivity contribution in [3.63, 3.8) is 0 Å². The van der Waals surface area contributed by atoms with Crippen LogP contribution in [0.2, 0.25) is 0 Å². The van der Waals surface area contributed by atoms with Gasteiger partial charge in [-0.2, -0.15) is 0 Å². The van der Waals surface area contributed by atoms with Gasteiger partial charge in [0.25, 0.3) is 0 Å². The van der Waals surface area contributed by atoms with Crippen molar-refractivity contribution in [1.82, 2.24) is 5.32 Å². The molecule has 1 aromatic rings. The summed E-state index contributed by atoms with van der Waals surface area (Å²) in [6.45, 7) is 2.21. The summed E-state index contributed by atoms with van der Waals surface area (Å²) in [5.41, 5.74) is 1.37. The van der Waals surface area contributed by atoms with Crippen molar-refractivity contribution < 1.29 is 4.58 Å². The van der Waals surface area contributed by atoms with E-state index in [1.807, 2.05) is 0 Å². The number of likely N-dealkylation sites (N-methyl/N-ethyl adjacent to an activating group) is 1. The smallest absolute Gasteiger partial charge is 0.249 e. The van der Waals surface area contributed by atoms with E-state index < -0.39 is 0 Å². The van der Waals surface area contributed by atoms with Crippen LogP contribution in [0.4, 0.5) is 0 Å². The van der Waals surface area contributed by atoms with Crippen LogP contribution in [0.5, 0.6) is 0 Å². The molecule has 0 saturated carbocycles. The maximum atomic E-state index is 3.40. The van der Waals surface area contributed by atoms with Gasteiger partial charge in [-0.3, -0.25) is 9.89 Å². The molecule has 0 radical (unpaired) electrons. The molecule has 0 aromatic heterocycles. The Balaban J connectivity index is 2.11. The molecule has 2 rings (SSSR count). The fraction of sp³-hybridized carbons (Fsp3) is 0.364. The zero-order valence-electron chi connectivity index (χ0n) is 7.96. The molecule has 0 amide bonds. The van der Waals surface area contributed by atoms with Crippen molar-refractivity contribution >= 4 is 5.84 Å². The van der Waals surface area contributed by atoms with Crippen LogP contribution in [0.1, 0.15) is 5.56 Å². The number of nitrogens with one attached hydrogen (secondary N) is 1. The third-order valence-corrected chi connectivity index (χ3v) is 2.45. The van der Waals surface area contributed by atoms with Gasteiger partial charge in [0.05, 0.1) is 13.5 Å². The molecule has 0 spiro atoms. The molecule has 1 heterocycles. The van der Waals surface area contributed by atoms with Gasteiger partial charge < -0.3 is 0 Å².